The van der Waals surface area contributed by atoms with E-state index in [-0.39, 0.29) is 0 Å². The van der Waals surface area contributed by atoms with Gasteiger partial charge in [-0.2, -0.15) is 0 Å². The van der Waals surface area contributed by atoms with E-state index in [1.54, 1.807) is 18.2 Å². The summed E-state index contributed by atoms with van der Waals surface area (Å²) in [7, 11) is 0. The second-order valence-corrected chi connectivity index (χ2v) is 4.58. The highest BCUT2D eigenvalue weighted by atomic mass is 35.5. The molecular weight excluding hydrogens is 279 g/mol. The van der Waals surface area contributed by atoms with Gasteiger partial charge in [-0.25, -0.2) is 0 Å². The number of hydrazine groups is 1. The molecule has 0 saturated heterocycles. The second kappa shape index (κ2) is 5.50. The predicted octanol–water partition coefficient (Wildman–Crippen LogP) is 5.09. The molecule has 0 amide bonds. The minimum absolute atomic E-state index is 0.482. The zero-order chi connectivity index (χ0) is 12.3. The molecular formula is C12H9Cl3N2. The van der Waals surface area contributed by atoms with Gasteiger partial charge in [0.15, 0.2) is 0 Å². The fraction of sp³-hybridized carbons (Fsp3) is 0. The summed E-state index contributed by atoms with van der Waals surface area (Å²) in [5.74, 6) is 0. The predicted molar refractivity (Wildman–Crippen MR) is 75.2 cm³/mol. The first-order valence-corrected chi connectivity index (χ1v) is 6.02. The fourth-order valence-corrected chi connectivity index (χ4v) is 1.75. The minimum atomic E-state index is 0.482. The molecule has 0 aliphatic rings. The lowest BCUT2D eigenvalue weighted by atomic mass is 10.3. The Labute approximate surface area is 114 Å². The molecule has 0 bridgehead atoms. The Bertz CT molecular complexity index is 512. The average Bonchev–Trinajstić information content (AvgIpc) is 2.33. The molecule has 5 heteroatoms. The van der Waals surface area contributed by atoms with Crippen molar-refractivity contribution in [1.82, 2.24) is 0 Å². The van der Waals surface area contributed by atoms with E-state index < -0.39 is 0 Å². The number of hydrogen-bond acceptors (Lipinski definition) is 2. The van der Waals surface area contributed by atoms with Gasteiger partial charge in [0.25, 0.3) is 0 Å². The summed E-state index contributed by atoms with van der Waals surface area (Å²) in [6, 6.07) is 12.7. The maximum absolute atomic E-state index is 6.03. The van der Waals surface area contributed by atoms with Gasteiger partial charge < -0.3 is 5.43 Å². The summed E-state index contributed by atoms with van der Waals surface area (Å²) in [6.07, 6.45) is 0. The first kappa shape index (κ1) is 12.4. The highest BCUT2D eigenvalue weighted by Gasteiger charge is 2.03. The molecule has 0 heterocycles. The zero-order valence-electron chi connectivity index (χ0n) is 8.68. The number of hydrogen-bond donors (Lipinski definition) is 2. The third-order valence-electron chi connectivity index (χ3n) is 2.14. The molecule has 0 spiro atoms. The van der Waals surface area contributed by atoms with Crippen LogP contribution >= 0.6 is 34.8 Å². The largest absolute Gasteiger partial charge is 0.301 e. The van der Waals surface area contributed by atoms with Crippen LogP contribution in [0.5, 0.6) is 0 Å². The smallest absolute Gasteiger partial charge is 0.0841 e. The van der Waals surface area contributed by atoms with E-state index in [9.17, 15) is 0 Å². The fourth-order valence-electron chi connectivity index (χ4n) is 1.27. The Morgan fingerprint density at radius 2 is 1.47 bits per heavy atom. The standard InChI is InChI=1S/C12H9Cl3N2/c13-8-4-6-9(7-5-8)16-17-11-3-1-2-10(14)12(11)15/h1-7,16-17H. The van der Waals surface area contributed by atoms with E-state index in [0.29, 0.717) is 20.8 Å². The van der Waals surface area contributed by atoms with Crippen molar-refractivity contribution in [2.75, 3.05) is 10.9 Å². The van der Waals surface area contributed by atoms with Crippen LogP contribution in [0.4, 0.5) is 11.4 Å². The summed E-state index contributed by atoms with van der Waals surface area (Å²) in [5.41, 5.74) is 7.58. The number of nitrogens with one attached hydrogen (secondary N) is 2. The number of halogens is 3. The van der Waals surface area contributed by atoms with Crippen LogP contribution in [0.15, 0.2) is 42.5 Å². The first-order chi connectivity index (χ1) is 8.16. The second-order valence-electron chi connectivity index (χ2n) is 3.36. The molecule has 2 aromatic rings. The lowest BCUT2D eigenvalue weighted by Crippen LogP contribution is -2.08. The Kier molecular flexibility index (Phi) is 4.00. The lowest BCUT2D eigenvalue weighted by Gasteiger charge is -2.11. The van der Waals surface area contributed by atoms with E-state index in [1.165, 1.54) is 0 Å². The quantitative estimate of drug-likeness (QED) is 0.769. The molecule has 2 aromatic carbocycles. The van der Waals surface area contributed by atoms with Gasteiger partial charge in [-0.15, -0.1) is 0 Å². The van der Waals surface area contributed by atoms with Gasteiger partial charge in [0, 0.05) is 5.02 Å². The molecule has 2 rings (SSSR count). The topological polar surface area (TPSA) is 24.1 Å². The number of rotatable bonds is 3. The molecule has 0 aliphatic carbocycles. The van der Waals surface area contributed by atoms with E-state index in [0.717, 1.165) is 5.69 Å². The lowest BCUT2D eigenvalue weighted by molar-refractivity contribution is 1.41. The Hall–Kier alpha value is -1.09. The molecule has 0 saturated carbocycles. The third kappa shape index (κ3) is 3.19. The van der Waals surface area contributed by atoms with Crippen LogP contribution in [0.3, 0.4) is 0 Å². The number of anilines is 2. The van der Waals surface area contributed by atoms with Crippen molar-refractivity contribution in [1.29, 1.82) is 0 Å². The molecule has 88 valence electrons. The average molecular weight is 288 g/mol. The maximum atomic E-state index is 6.03. The first-order valence-electron chi connectivity index (χ1n) is 4.88. The van der Waals surface area contributed by atoms with Crippen LogP contribution < -0.4 is 10.9 Å². The molecule has 0 aromatic heterocycles. The minimum Gasteiger partial charge on any atom is -0.301 e. The van der Waals surface area contributed by atoms with Crippen LogP contribution in [-0.4, -0.2) is 0 Å². The van der Waals surface area contributed by atoms with Gasteiger partial charge in [-0.3, -0.25) is 5.43 Å². The summed E-state index contributed by atoms with van der Waals surface area (Å²) < 4.78 is 0. The molecule has 0 atom stereocenters. The maximum Gasteiger partial charge on any atom is 0.0841 e. The Morgan fingerprint density at radius 1 is 0.765 bits per heavy atom. The van der Waals surface area contributed by atoms with Gasteiger partial charge in [0.1, 0.15) is 0 Å². The molecule has 0 aliphatic heterocycles. The van der Waals surface area contributed by atoms with Crippen molar-refractivity contribution in [3.8, 4) is 0 Å². The van der Waals surface area contributed by atoms with Crippen LogP contribution in [0.25, 0.3) is 0 Å². The molecule has 17 heavy (non-hydrogen) atoms. The van der Waals surface area contributed by atoms with Gasteiger partial charge >= 0.3 is 0 Å². The molecule has 2 nitrogen and oxygen atoms in total. The van der Waals surface area contributed by atoms with Crippen LogP contribution in [0.1, 0.15) is 0 Å². The van der Waals surface area contributed by atoms with Crippen LogP contribution in [-0.2, 0) is 0 Å². The van der Waals surface area contributed by atoms with Crippen molar-refractivity contribution in [2.24, 2.45) is 0 Å². The normalized spacial score (nSPS) is 10.1. The molecule has 2 N–H and O–H groups in total. The van der Waals surface area contributed by atoms with E-state index >= 15 is 0 Å². The van der Waals surface area contributed by atoms with E-state index in [4.69, 9.17) is 34.8 Å². The van der Waals surface area contributed by atoms with Gasteiger partial charge in [0.05, 0.1) is 21.4 Å². The van der Waals surface area contributed by atoms with Crippen molar-refractivity contribution < 1.29 is 0 Å². The van der Waals surface area contributed by atoms with Crippen molar-refractivity contribution >= 4 is 46.2 Å². The summed E-state index contributed by atoms with van der Waals surface area (Å²) in [5, 5.41) is 1.68. The monoisotopic (exact) mass is 286 g/mol. The van der Waals surface area contributed by atoms with Gasteiger partial charge in [-0.1, -0.05) is 40.9 Å². The van der Waals surface area contributed by atoms with Gasteiger partial charge in [0.2, 0.25) is 0 Å². The SMILES string of the molecule is Clc1ccc(NNc2cccc(Cl)c2Cl)cc1. The molecule has 0 radical (unpaired) electrons. The van der Waals surface area contributed by atoms with Crippen LogP contribution in [0, 0.1) is 0 Å². The van der Waals surface area contributed by atoms with Gasteiger partial charge in [-0.05, 0) is 36.4 Å². The Balaban J connectivity index is 2.07. The van der Waals surface area contributed by atoms with E-state index in [1.807, 2.05) is 24.3 Å². The van der Waals surface area contributed by atoms with Crippen molar-refractivity contribution in [2.45, 2.75) is 0 Å². The third-order valence-corrected chi connectivity index (χ3v) is 3.21. The summed E-state index contributed by atoms with van der Waals surface area (Å²) in [6.45, 7) is 0. The highest BCUT2D eigenvalue weighted by molar-refractivity contribution is 6.43. The highest BCUT2D eigenvalue weighted by Crippen LogP contribution is 2.29. The summed E-state index contributed by atoms with van der Waals surface area (Å²) >= 11 is 17.7. The van der Waals surface area contributed by atoms with Crippen molar-refractivity contribution in [3.05, 3.63) is 57.5 Å². The Morgan fingerprint density at radius 3 is 2.18 bits per heavy atom. The molecule has 0 fully saturated rings. The zero-order valence-corrected chi connectivity index (χ0v) is 10.9. The van der Waals surface area contributed by atoms with Crippen molar-refractivity contribution in [3.63, 3.8) is 0 Å². The molecule has 0 unspecified atom stereocenters. The van der Waals surface area contributed by atoms with E-state index in [2.05, 4.69) is 10.9 Å². The van der Waals surface area contributed by atoms with Crippen LogP contribution in [0.2, 0.25) is 15.1 Å². The summed E-state index contributed by atoms with van der Waals surface area (Å²) in [4.78, 5) is 0. The number of benzene rings is 2.